The lowest BCUT2D eigenvalue weighted by Crippen LogP contribution is -2.30. The first kappa shape index (κ1) is 21.4. The van der Waals surface area contributed by atoms with Gasteiger partial charge in [-0.15, -0.1) is 0 Å². The predicted octanol–water partition coefficient (Wildman–Crippen LogP) is 4.32. The average molecular weight is 409 g/mol. The van der Waals surface area contributed by atoms with Gasteiger partial charge in [-0.1, -0.05) is 19.1 Å². The Kier molecular flexibility index (Phi) is 6.15. The Labute approximate surface area is 176 Å². The standard InChI is InChI=1S/C24H27NO5/c1-5-12-25-21(16-6-9-18(26)10-7-16)20(23(28)24(25)29)22(27)17-8-11-19(15(4)13-17)30-14(2)3/h6-11,13-14,21,26-27H,5,12H2,1-4H3/b22-20-. The van der Waals surface area contributed by atoms with Crippen LogP contribution >= 0.6 is 0 Å². The van der Waals surface area contributed by atoms with Crippen LogP contribution in [-0.4, -0.2) is 39.5 Å². The quantitative estimate of drug-likeness (QED) is 0.422. The lowest BCUT2D eigenvalue weighted by atomic mass is 9.94. The largest absolute Gasteiger partial charge is 0.508 e. The molecule has 30 heavy (non-hydrogen) atoms. The molecule has 1 saturated heterocycles. The fraction of sp³-hybridized carbons (Fsp3) is 0.333. The number of carbonyl (C=O) groups is 2. The highest BCUT2D eigenvalue weighted by Gasteiger charge is 2.45. The fourth-order valence-corrected chi connectivity index (χ4v) is 3.69. The third kappa shape index (κ3) is 4.03. The number of aryl methyl sites for hydroxylation is 1. The highest BCUT2D eigenvalue weighted by molar-refractivity contribution is 6.46. The molecule has 6 nitrogen and oxygen atoms in total. The second kappa shape index (κ2) is 8.61. The summed E-state index contributed by atoms with van der Waals surface area (Å²) in [5.74, 6) is -0.776. The number of carbonyl (C=O) groups excluding carboxylic acids is 2. The molecule has 2 N–H and O–H groups in total. The number of amides is 1. The lowest BCUT2D eigenvalue weighted by molar-refractivity contribution is -0.139. The number of Topliss-reactive ketones (excluding diaryl/α,β-unsaturated/α-hetero) is 1. The number of hydrogen-bond donors (Lipinski definition) is 2. The van der Waals surface area contributed by atoms with Crippen LogP contribution in [0.15, 0.2) is 48.0 Å². The van der Waals surface area contributed by atoms with Crippen LogP contribution in [0.4, 0.5) is 0 Å². The summed E-state index contributed by atoms with van der Waals surface area (Å²) in [6.45, 7) is 8.03. The van der Waals surface area contributed by atoms with Gasteiger partial charge >= 0.3 is 0 Å². The molecule has 1 unspecified atom stereocenters. The molecule has 2 aromatic rings. The first-order valence-electron chi connectivity index (χ1n) is 10.1. The third-order valence-corrected chi connectivity index (χ3v) is 5.02. The van der Waals surface area contributed by atoms with Crippen LogP contribution in [0.5, 0.6) is 11.5 Å². The molecular weight excluding hydrogens is 382 g/mol. The van der Waals surface area contributed by atoms with Crippen LogP contribution in [0.1, 0.15) is 49.9 Å². The monoisotopic (exact) mass is 409 g/mol. The number of aliphatic hydroxyl groups is 1. The van der Waals surface area contributed by atoms with E-state index >= 15 is 0 Å². The van der Waals surface area contributed by atoms with E-state index in [0.29, 0.717) is 29.8 Å². The highest BCUT2D eigenvalue weighted by atomic mass is 16.5. The topological polar surface area (TPSA) is 87.1 Å². The minimum atomic E-state index is -0.711. The molecule has 1 atom stereocenters. The van der Waals surface area contributed by atoms with Gasteiger partial charge in [0.25, 0.3) is 11.7 Å². The van der Waals surface area contributed by atoms with Crippen molar-refractivity contribution in [2.24, 2.45) is 0 Å². The summed E-state index contributed by atoms with van der Waals surface area (Å²) >= 11 is 0. The molecule has 0 bridgehead atoms. The van der Waals surface area contributed by atoms with Gasteiger partial charge in [0, 0.05) is 12.1 Å². The number of rotatable bonds is 6. The Morgan fingerprint density at radius 3 is 2.37 bits per heavy atom. The Morgan fingerprint density at radius 2 is 1.80 bits per heavy atom. The van der Waals surface area contributed by atoms with Crippen LogP contribution in [0.2, 0.25) is 0 Å². The molecule has 1 heterocycles. The van der Waals surface area contributed by atoms with Crippen molar-refractivity contribution in [1.82, 2.24) is 4.90 Å². The smallest absolute Gasteiger partial charge is 0.295 e. The Bertz CT molecular complexity index is 991. The molecule has 1 fully saturated rings. The Balaban J connectivity index is 2.12. The zero-order valence-electron chi connectivity index (χ0n) is 17.7. The van der Waals surface area contributed by atoms with E-state index in [-0.39, 0.29) is 23.2 Å². The summed E-state index contributed by atoms with van der Waals surface area (Å²) in [7, 11) is 0. The van der Waals surface area contributed by atoms with Gasteiger partial charge in [0.2, 0.25) is 0 Å². The third-order valence-electron chi connectivity index (χ3n) is 5.02. The summed E-state index contributed by atoms with van der Waals surface area (Å²) in [5, 5.41) is 20.7. The lowest BCUT2D eigenvalue weighted by Gasteiger charge is -2.25. The minimum Gasteiger partial charge on any atom is -0.508 e. The zero-order chi connectivity index (χ0) is 22.0. The van der Waals surface area contributed by atoms with E-state index in [1.807, 2.05) is 27.7 Å². The Morgan fingerprint density at radius 1 is 1.13 bits per heavy atom. The van der Waals surface area contributed by atoms with Crippen molar-refractivity contribution < 1.29 is 24.5 Å². The van der Waals surface area contributed by atoms with Gasteiger partial charge in [0.15, 0.2) is 0 Å². The van der Waals surface area contributed by atoms with E-state index in [2.05, 4.69) is 0 Å². The molecule has 6 heteroatoms. The van der Waals surface area contributed by atoms with Crippen LogP contribution in [0, 0.1) is 6.92 Å². The average Bonchev–Trinajstić information content (AvgIpc) is 2.94. The van der Waals surface area contributed by atoms with E-state index < -0.39 is 17.7 Å². The van der Waals surface area contributed by atoms with E-state index in [0.717, 1.165) is 5.56 Å². The highest BCUT2D eigenvalue weighted by Crippen LogP contribution is 2.40. The molecule has 0 radical (unpaired) electrons. The molecular formula is C24H27NO5. The van der Waals surface area contributed by atoms with Crippen molar-refractivity contribution in [2.75, 3.05) is 6.54 Å². The van der Waals surface area contributed by atoms with Gasteiger partial charge in [-0.2, -0.15) is 0 Å². The molecule has 0 spiro atoms. The van der Waals surface area contributed by atoms with Crippen LogP contribution < -0.4 is 4.74 Å². The van der Waals surface area contributed by atoms with Crippen molar-refractivity contribution in [3.63, 3.8) is 0 Å². The predicted molar refractivity (Wildman–Crippen MR) is 114 cm³/mol. The zero-order valence-corrected chi connectivity index (χ0v) is 17.7. The number of aromatic hydroxyl groups is 1. The van der Waals surface area contributed by atoms with Crippen LogP contribution in [0.25, 0.3) is 5.76 Å². The summed E-state index contributed by atoms with van der Waals surface area (Å²) in [4.78, 5) is 27.0. The first-order valence-corrected chi connectivity index (χ1v) is 10.1. The normalized spacial score (nSPS) is 18.3. The number of hydrogen-bond acceptors (Lipinski definition) is 5. The summed E-state index contributed by atoms with van der Waals surface area (Å²) < 4.78 is 5.74. The maximum Gasteiger partial charge on any atom is 0.295 e. The number of benzene rings is 2. The number of phenolic OH excluding ortho intramolecular Hbond substituents is 1. The van der Waals surface area contributed by atoms with Crippen molar-refractivity contribution in [3.8, 4) is 11.5 Å². The summed E-state index contributed by atoms with van der Waals surface area (Å²) in [6.07, 6.45) is 0.680. The maximum atomic E-state index is 12.9. The van der Waals surface area contributed by atoms with Crippen LogP contribution in [0.3, 0.4) is 0 Å². The van der Waals surface area contributed by atoms with Gasteiger partial charge in [0.1, 0.15) is 17.3 Å². The van der Waals surface area contributed by atoms with E-state index in [1.54, 1.807) is 30.3 Å². The number of phenols is 1. The number of aliphatic hydroxyl groups excluding tert-OH is 1. The van der Waals surface area contributed by atoms with E-state index in [9.17, 15) is 19.8 Å². The molecule has 0 aliphatic carbocycles. The molecule has 1 aliphatic heterocycles. The number of likely N-dealkylation sites (tertiary alicyclic amines) is 1. The number of ether oxygens (including phenoxy) is 1. The number of ketones is 1. The fourth-order valence-electron chi connectivity index (χ4n) is 3.69. The van der Waals surface area contributed by atoms with Crippen molar-refractivity contribution in [1.29, 1.82) is 0 Å². The first-order chi connectivity index (χ1) is 14.2. The Hall–Kier alpha value is -3.28. The molecule has 0 aromatic heterocycles. The molecule has 1 aliphatic rings. The van der Waals surface area contributed by atoms with Gasteiger partial charge in [-0.05, 0) is 68.7 Å². The van der Waals surface area contributed by atoms with Gasteiger partial charge in [0.05, 0.1) is 17.7 Å². The van der Waals surface area contributed by atoms with Crippen molar-refractivity contribution >= 4 is 17.4 Å². The SMILES string of the molecule is CCCN1C(=O)C(=O)/C(=C(\O)c2ccc(OC(C)C)c(C)c2)C1c1ccc(O)cc1. The maximum absolute atomic E-state index is 12.9. The van der Waals surface area contributed by atoms with Gasteiger partial charge in [-0.3, -0.25) is 9.59 Å². The molecule has 2 aromatic carbocycles. The molecule has 158 valence electrons. The molecule has 0 saturated carbocycles. The van der Waals surface area contributed by atoms with Crippen molar-refractivity contribution in [3.05, 3.63) is 64.7 Å². The second-order valence-corrected chi connectivity index (χ2v) is 7.73. The number of nitrogens with zero attached hydrogens (tertiary/aromatic N) is 1. The summed E-state index contributed by atoms with van der Waals surface area (Å²) in [5.41, 5.74) is 1.97. The van der Waals surface area contributed by atoms with Crippen molar-refractivity contribution in [2.45, 2.75) is 46.3 Å². The van der Waals surface area contributed by atoms with Gasteiger partial charge in [-0.25, -0.2) is 0 Å². The van der Waals surface area contributed by atoms with Crippen LogP contribution in [-0.2, 0) is 9.59 Å². The minimum absolute atomic E-state index is 0.0111. The van der Waals surface area contributed by atoms with E-state index in [1.165, 1.54) is 17.0 Å². The van der Waals surface area contributed by atoms with Gasteiger partial charge < -0.3 is 19.8 Å². The summed E-state index contributed by atoms with van der Waals surface area (Å²) in [6, 6.07) is 10.8. The van der Waals surface area contributed by atoms with E-state index in [4.69, 9.17) is 4.74 Å². The second-order valence-electron chi connectivity index (χ2n) is 7.73. The molecule has 1 amide bonds. The molecule has 3 rings (SSSR count).